The first-order valence-electron chi connectivity index (χ1n) is 16.8. The number of amides is 2. The first-order chi connectivity index (χ1) is 23.1. The lowest BCUT2D eigenvalue weighted by molar-refractivity contribution is -0.150. The van der Waals surface area contributed by atoms with Crippen LogP contribution in [0.15, 0.2) is 35.7 Å². The van der Waals surface area contributed by atoms with Gasteiger partial charge in [0.05, 0.1) is 36.8 Å². The van der Waals surface area contributed by atoms with E-state index in [0.29, 0.717) is 58.9 Å². The van der Waals surface area contributed by atoms with E-state index in [9.17, 15) is 14.4 Å². The van der Waals surface area contributed by atoms with Gasteiger partial charge in [-0.15, -0.1) is 11.3 Å². The fraction of sp³-hybridized carbons (Fsp3) is 0.528. The van der Waals surface area contributed by atoms with Crippen molar-refractivity contribution in [2.75, 3.05) is 27.3 Å². The molecule has 0 spiro atoms. The highest BCUT2D eigenvalue weighted by Crippen LogP contribution is 2.48. The molecule has 256 valence electrons. The summed E-state index contributed by atoms with van der Waals surface area (Å²) in [7, 11) is 3.35. The van der Waals surface area contributed by atoms with E-state index in [1.54, 1.807) is 32.0 Å². The summed E-state index contributed by atoms with van der Waals surface area (Å²) in [6.45, 7) is 6.76. The molecule has 0 radical (unpaired) electrons. The third kappa shape index (κ3) is 6.63. The topological polar surface area (TPSA) is 120 Å². The second-order valence-electron chi connectivity index (χ2n) is 13.3. The van der Waals surface area contributed by atoms with Crippen LogP contribution in [0.1, 0.15) is 70.9 Å². The number of thiazole rings is 1. The third-order valence-corrected chi connectivity index (χ3v) is 11.0. The lowest BCUT2D eigenvalue weighted by Crippen LogP contribution is -2.50. The van der Waals surface area contributed by atoms with Crippen molar-refractivity contribution in [2.24, 2.45) is 17.8 Å². The highest BCUT2D eigenvalue weighted by molar-refractivity contribution is 7.13. The number of carbonyl (C=O) groups excluding carboxylic acids is 3. The Kier molecular flexibility index (Phi) is 9.99. The highest BCUT2D eigenvalue weighted by atomic mass is 35.5. The van der Waals surface area contributed by atoms with Crippen LogP contribution in [0.4, 0.5) is 0 Å². The van der Waals surface area contributed by atoms with Gasteiger partial charge in [-0.2, -0.15) is 0 Å². The molecule has 2 aromatic heterocycles. The molecule has 0 bridgehead atoms. The molecule has 6 rings (SSSR count). The molecule has 48 heavy (non-hydrogen) atoms. The molecule has 3 aromatic rings. The van der Waals surface area contributed by atoms with Crippen LogP contribution in [0.2, 0.25) is 5.02 Å². The minimum Gasteiger partial charge on any atom is -0.495 e. The van der Waals surface area contributed by atoms with Gasteiger partial charge >= 0.3 is 5.97 Å². The number of carbonyl (C=O) groups is 3. The summed E-state index contributed by atoms with van der Waals surface area (Å²) in [5.74, 6) is -1.02. The Hall–Kier alpha value is -3.70. The van der Waals surface area contributed by atoms with Gasteiger partial charge in [-0.05, 0) is 63.5 Å². The molecular formula is C36H43ClN4O6S. The normalized spacial score (nSPS) is 26.8. The maximum absolute atomic E-state index is 14.1. The summed E-state index contributed by atoms with van der Waals surface area (Å²) >= 11 is 8.29. The number of fused-ring (bicyclic) bond motifs is 3. The number of hydrogen-bond donors (Lipinski definition) is 1. The smallest absolute Gasteiger partial charge is 0.332 e. The van der Waals surface area contributed by atoms with Gasteiger partial charge < -0.3 is 24.4 Å². The first kappa shape index (κ1) is 34.2. The number of nitrogens with zero attached hydrogens (tertiary/aromatic N) is 3. The number of allylic oxidation sites excluding steroid dienone is 1. The van der Waals surface area contributed by atoms with Crippen LogP contribution >= 0.6 is 22.9 Å². The van der Waals surface area contributed by atoms with E-state index in [-0.39, 0.29) is 30.3 Å². The number of esters is 1. The van der Waals surface area contributed by atoms with Gasteiger partial charge in [0.1, 0.15) is 38.9 Å². The molecule has 2 saturated carbocycles. The van der Waals surface area contributed by atoms with E-state index in [1.807, 2.05) is 23.6 Å². The number of hydrogen-bond acceptors (Lipinski definition) is 9. The van der Waals surface area contributed by atoms with Gasteiger partial charge in [-0.1, -0.05) is 37.6 Å². The number of halogens is 1. The van der Waals surface area contributed by atoms with Crippen molar-refractivity contribution in [1.29, 1.82) is 0 Å². The first-order valence-corrected chi connectivity index (χ1v) is 18.0. The quantitative estimate of drug-likeness (QED) is 0.218. The average molecular weight is 695 g/mol. The summed E-state index contributed by atoms with van der Waals surface area (Å²) in [5.41, 5.74) is 0.981. The van der Waals surface area contributed by atoms with E-state index in [2.05, 4.69) is 25.2 Å². The van der Waals surface area contributed by atoms with Gasteiger partial charge in [0, 0.05) is 36.3 Å². The minimum atomic E-state index is -1.11. The number of nitrogens with one attached hydrogen (secondary N) is 1. The lowest BCUT2D eigenvalue weighted by atomic mass is 9.93. The summed E-state index contributed by atoms with van der Waals surface area (Å²) in [5, 5.41) is 6.85. The maximum atomic E-state index is 14.1. The fourth-order valence-corrected chi connectivity index (χ4v) is 8.08. The number of rotatable bonds is 7. The minimum absolute atomic E-state index is 0.0940. The molecule has 12 heteroatoms. The van der Waals surface area contributed by atoms with Crippen LogP contribution in [-0.4, -0.2) is 71.6 Å². The zero-order valence-electron chi connectivity index (χ0n) is 28.1. The van der Waals surface area contributed by atoms with Crippen LogP contribution < -0.4 is 14.8 Å². The van der Waals surface area contributed by atoms with Crippen molar-refractivity contribution in [3.63, 3.8) is 0 Å². The second kappa shape index (κ2) is 14.0. The van der Waals surface area contributed by atoms with Crippen LogP contribution in [-0.2, 0) is 19.1 Å². The van der Waals surface area contributed by atoms with E-state index in [1.165, 1.54) is 11.3 Å². The molecule has 0 saturated heterocycles. The molecular weight excluding hydrogens is 652 g/mol. The van der Waals surface area contributed by atoms with Crippen LogP contribution in [0.3, 0.4) is 0 Å². The summed E-state index contributed by atoms with van der Waals surface area (Å²) in [6.07, 6.45) is 7.34. The van der Waals surface area contributed by atoms with Crippen LogP contribution in [0.5, 0.6) is 11.5 Å². The van der Waals surface area contributed by atoms with Crippen molar-refractivity contribution in [2.45, 2.75) is 76.9 Å². The monoisotopic (exact) mass is 694 g/mol. The molecule has 2 fully saturated rings. The Morgan fingerprint density at radius 2 is 1.96 bits per heavy atom. The standard InChI is InChI=1S/C36H43ClN4O6S/c1-6-46-35(44)36-18-21(36)11-9-7-8-10-14-41(4)34(43)25-16-22(15-24(25)32(42)40-36)47-29-17-26(33-39-27(19-48-33)20(2)3)38-31-23(29)12-13-28(45-5)30(31)37/h9,11-13,17,19-22,24-25H,6-8,10,14-16,18H2,1-5H3,(H,40,42)/b11-9-/t21?,22-,24-,25-,36-/m1/s1. The average Bonchev–Trinajstić information content (AvgIpc) is 3.37. The van der Waals surface area contributed by atoms with Gasteiger partial charge in [0.25, 0.3) is 0 Å². The lowest BCUT2D eigenvalue weighted by Gasteiger charge is -2.26. The number of methoxy groups -OCH3 is 1. The largest absolute Gasteiger partial charge is 0.495 e. The number of benzene rings is 1. The predicted octanol–water partition coefficient (Wildman–Crippen LogP) is 6.55. The fourth-order valence-electron chi connectivity index (χ4n) is 6.86. The van der Waals surface area contributed by atoms with E-state index < -0.39 is 29.4 Å². The maximum Gasteiger partial charge on any atom is 0.332 e. The van der Waals surface area contributed by atoms with E-state index >= 15 is 0 Å². The molecule has 3 heterocycles. The number of pyridine rings is 1. The van der Waals surface area contributed by atoms with E-state index in [0.717, 1.165) is 30.0 Å². The highest BCUT2D eigenvalue weighted by Gasteiger charge is 2.62. The van der Waals surface area contributed by atoms with Crippen molar-refractivity contribution in [1.82, 2.24) is 20.2 Å². The van der Waals surface area contributed by atoms with Crippen molar-refractivity contribution in [3.8, 4) is 22.2 Å². The summed E-state index contributed by atoms with van der Waals surface area (Å²) in [6, 6.07) is 5.48. The Labute approximate surface area is 290 Å². The zero-order chi connectivity index (χ0) is 34.2. The molecule has 10 nitrogen and oxygen atoms in total. The molecule has 1 N–H and O–H groups in total. The molecule has 1 aliphatic heterocycles. The van der Waals surface area contributed by atoms with Crippen molar-refractivity contribution in [3.05, 3.63) is 46.4 Å². The molecule has 2 amide bonds. The zero-order valence-corrected chi connectivity index (χ0v) is 29.7. The summed E-state index contributed by atoms with van der Waals surface area (Å²) < 4.78 is 17.6. The van der Waals surface area contributed by atoms with Gasteiger partial charge in [0.15, 0.2) is 0 Å². The third-order valence-electron chi connectivity index (χ3n) is 9.73. The molecule has 2 aliphatic carbocycles. The van der Waals surface area contributed by atoms with Gasteiger partial charge in [-0.25, -0.2) is 14.8 Å². The van der Waals surface area contributed by atoms with E-state index in [4.69, 9.17) is 35.8 Å². The SMILES string of the molecule is CCOC(=O)[C@@]12CC1/C=C\CCCCN(C)C(=O)[C@@H]1C[C@H](Oc3cc(-c4nc(C(C)C)cs4)nc4c(Cl)c(OC)ccc34)C[C@H]1C(=O)N2. The molecule has 5 atom stereocenters. The molecule has 1 aromatic carbocycles. The Bertz CT molecular complexity index is 1740. The van der Waals surface area contributed by atoms with Crippen LogP contribution in [0.25, 0.3) is 21.6 Å². The number of ether oxygens (including phenoxy) is 3. The second-order valence-corrected chi connectivity index (χ2v) is 14.6. The Morgan fingerprint density at radius 1 is 1.17 bits per heavy atom. The van der Waals surface area contributed by atoms with Gasteiger partial charge in [0.2, 0.25) is 11.8 Å². The van der Waals surface area contributed by atoms with Crippen molar-refractivity contribution >= 4 is 51.6 Å². The summed E-state index contributed by atoms with van der Waals surface area (Å²) in [4.78, 5) is 52.5. The van der Waals surface area contributed by atoms with Crippen molar-refractivity contribution < 1.29 is 28.6 Å². The Balaban J connectivity index is 1.34. The predicted molar refractivity (Wildman–Crippen MR) is 185 cm³/mol. The van der Waals surface area contributed by atoms with Crippen LogP contribution in [0, 0.1) is 17.8 Å². The Morgan fingerprint density at radius 3 is 2.69 bits per heavy atom. The van der Waals surface area contributed by atoms with Gasteiger partial charge in [-0.3, -0.25) is 9.59 Å². The molecule has 3 aliphatic rings. The number of aromatic nitrogens is 2. The molecule has 1 unspecified atom stereocenters.